The third-order valence-corrected chi connectivity index (χ3v) is 3.49. The largest absolute Gasteiger partial charge is 0.393 e. The number of aliphatic hydroxyl groups is 1. The quantitative estimate of drug-likeness (QED) is 0.638. The van der Waals surface area contributed by atoms with Crippen LogP contribution < -0.4 is 5.32 Å². The summed E-state index contributed by atoms with van der Waals surface area (Å²) in [7, 11) is 1.67. The minimum absolute atomic E-state index is 0.108. The summed E-state index contributed by atoms with van der Waals surface area (Å²) in [6, 6.07) is 5.27. The van der Waals surface area contributed by atoms with Gasteiger partial charge in [0.1, 0.15) is 5.69 Å². The van der Waals surface area contributed by atoms with Crippen LogP contribution in [0.3, 0.4) is 0 Å². The van der Waals surface area contributed by atoms with Gasteiger partial charge in [0.05, 0.1) is 11.0 Å². The van der Waals surface area contributed by atoms with Gasteiger partial charge in [-0.05, 0) is 24.5 Å². The van der Waals surface area contributed by atoms with Gasteiger partial charge in [-0.1, -0.05) is 6.07 Å². The predicted octanol–water partition coefficient (Wildman–Crippen LogP) is 1.59. The molecule has 0 atom stereocenters. The molecule has 0 aromatic heterocycles. The zero-order valence-electron chi connectivity index (χ0n) is 11.0. The molecule has 1 heterocycles. The Morgan fingerprint density at radius 2 is 2.16 bits per heavy atom. The Balaban J connectivity index is 2.08. The number of nitro benzene ring substituents is 1. The lowest BCUT2D eigenvalue weighted by atomic mass is 10.1. The molecule has 2 N–H and O–H groups in total. The summed E-state index contributed by atoms with van der Waals surface area (Å²) in [6.45, 7) is 2.36. The fraction of sp³-hybridized carbons (Fsp3) is 0.538. The van der Waals surface area contributed by atoms with E-state index in [-0.39, 0.29) is 16.7 Å². The summed E-state index contributed by atoms with van der Waals surface area (Å²) in [5.41, 5.74) is 1.57. The van der Waals surface area contributed by atoms with Crippen LogP contribution >= 0.6 is 0 Å². The molecule has 6 nitrogen and oxygen atoms in total. The van der Waals surface area contributed by atoms with Crippen molar-refractivity contribution in [1.29, 1.82) is 0 Å². The Bertz CT molecular complexity index is 456. The molecule has 6 heteroatoms. The molecule has 0 bridgehead atoms. The standard InChI is InChI=1S/C13H19N3O3/c1-14-12-3-2-10(8-13(12)16(18)19)9-15-6-4-11(17)5-7-15/h2-3,8,11,14,17H,4-7,9H2,1H3. The average Bonchev–Trinajstić information content (AvgIpc) is 2.41. The number of aliphatic hydroxyl groups excluding tert-OH is 1. The molecule has 0 unspecified atom stereocenters. The molecular formula is C13H19N3O3. The Hall–Kier alpha value is -1.66. The predicted molar refractivity (Wildman–Crippen MR) is 73.2 cm³/mol. The van der Waals surface area contributed by atoms with Gasteiger partial charge in [0.25, 0.3) is 5.69 Å². The molecule has 1 fully saturated rings. The second-order valence-electron chi connectivity index (χ2n) is 4.87. The smallest absolute Gasteiger partial charge is 0.292 e. The highest BCUT2D eigenvalue weighted by molar-refractivity contribution is 5.62. The molecular weight excluding hydrogens is 246 g/mol. The van der Waals surface area contributed by atoms with Crippen molar-refractivity contribution in [3.05, 3.63) is 33.9 Å². The maximum atomic E-state index is 11.0. The Morgan fingerprint density at radius 1 is 1.47 bits per heavy atom. The number of likely N-dealkylation sites (tertiary alicyclic amines) is 1. The first kappa shape index (κ1) is 13.8. The van der Waals surface area contributed by atoms with Gasteiger partial charge in [0, 0.05) is 32.7 Å². The van der Waals surface area contributed by atoms with Crippen molar-refractivity contribution in [1.82, 2.24) is 4.90 Å². The van der Waals surface area contributed by atoms with Crippen molar-refractivity contribution < 1.29 is 10.0 Å². The van der Waals surface area contributed by atoms with Crippen LogP contribution in [0.1, 0.15) is 18.4 Å². The second-order valence-corrected chi connectivity index (χ2v) is 4.87. The Morgan fingerprint density at radius 3 is 2.74 bits per heavy atom. The van der Waals surface area contributed by atoms with Gasteiger partial charge >= 0.3 is 0 Å². The van der Waals surface area contributed by atoms with E-state index in [1.807, 2.05) is 6.07 Å². The number of nitrogens with zero attached hydrogens (tertiary/aromatic N) is 2. The van der Waals surface area contributed by atoms with Gasteiger partial charge in [-0.2, -0.15) is 0 Å². The molecule has 0 aliphatic carbocycles. The number of piperidine rings is 1. The van der Waals surface area contributed by atoms with Crippen LogP contribution in [-0.4, -0.2) is 41.2 Å². The minimum Gasteiger partial charge on any atom is -0.393 e. The van der Waals surface area contributed by atoms with Crippen molar-refractivity contribution in [2.45, 2.75) is 25.5 Å². The highest BCUT2D eigenvalue weighted by Gasteiger charge is 2.19. The molecule has 0 amide bonds. The fourth-order valence-corrected chi connectivity index (χ4v) is 2.37. The van der Waals surface area contributed by atoms with Crippen molar-refractivity contribution >= 4 is 11.4 Å². The lowest BCUT2D eigenvalue weighted by Gasteiger charge is -2.29. The number of nitro groups is 1. The van der Waals surface area contributed by atoms with Gasteiger partial charge in [-0.15, -0.1) is 0 Å². The zero-order chi connectivity index (χ0) is 13.8. The minimum atomic E-state index is -0.366. The first-order chi connectivity index (χ1) is 9.10. The van der Waals surface area contributed by atoms with Crippen LogP contribution in [0.25, 0.3) is 0 Å². The summed E-state index contributed by atoms with van der Waals surface area (Å²) >= 11 is 0. The molecule has 1 aliphatic heterocycles. The zero-order valence-corrected chi connectivity index (χ0v) is 11.0. The molecule has 0 radical (unpaired) electrons. The monoisotopic (exact) mass is 265 g/mol. The van der Waals surface area contributed by atoms with Gasteiger partial charge in [0.2, 0.25) is 0 Å². The van der Waals surface area contributed by atoms with E-state index in [4.69, 9.17) is 0 Å². The third kappa shape index (κ3) is 3.42. The van der Waals surface area contributed by atoms with E-state index in [0.717, 1.165) is 31.5 Å². The van der Waals surface area contributed by atoms with E-state index in [9.17, 15) is 15.2 Å². The lowest BCUT2D eigenvalue weighted by molar-refractivity contribution is -0.384. The van der Waals surface area contributed by atoms with Crippen molar-refractivity contribution in [3.8, 4) is 0 Å². The van der Waals surface area contributed by atoms with Gasteiger partial charge in [-0.25, -0.2) is 0 Å². The third-order valence-electron chi connectivity index (χ3n) is 3.49. The topological polar surface area (TPSA) is 78.6 Å². The van der Waals surface area contributed by atoms with Crippen LogP contribution in [0.5, 0.6) is 0 Å². The van der Waals surface area contributed by atoms with Crippen molar-refractivity contribution in [2.24, 2.45) is 0 Å². The molecule has 1 aromatic rings. The summed E-state index contributed by atoms with van der Waals surface area (Å²) in [5.74, 6) is 0. The molecule has 0 spiro atoms. The van der Waals surface area contributed by atoms with E-state index in [1.165, 1.54) is 0 Å². The number of rotatable bonds is 4. The first-order valence-corrected chi connectivity index (χ1v) is 6.45. The summed E-state index contributed by atoms with van der Waals surface area (Å²) in [5, 5.41) is 23.3. The van der Waals surface area contributed by atoms with Crippen LogP contribution in [0, 0.1) is 10.1 Å². The highest BCUT2D eigenvalue weighted by atomic mass is 16.6. The molecule has 1 aromatic carbocycles. The van der Waals surface area contributed by atoms with E-state index in [1.54, 1.807) is 19.2 Å². The number of benzene rings is 1. The number of hydrogen-bond donors (Lipinski definition) is 2. The van der Waals surface area contributed by atoms with Crippen LogP contribution in [0.2, 0.25) is 0 Å². The van der Waals surface area contributed by atoms with Crippen LogP contribution in [0.15, 0.2) is 18.2 Å². The van der Waals surface area contributed by atoms with E-state index in [2.05, 4.69) is 10.2 Å². The van der Waals surface area contributed by atoms with Crippen molar-refractivity contribution in [2.75, 3.05) is 25.5 Å². The Kier molecular flexibility index (Phi) is 4.34. The number of hydrogen-bond acceptors (Lipinski definition) is 5. The van der Waals surface area contributed by atoms with Gasteiger partial charge in [-0.3, -0.25) is 15.0 Å². The molecule has 19 heavy (non-hydrogen) atoms. The average molecular weight is 265 g/mol. The van der Waals surface area contributed by atoms with Gasteiger partial charge in [0.15, 0.2) is 0 Å². The maximum Gasteiger partial charge on any atom is 0.292 e. The molecule has 0 saturated carbocycles. The molecule has 104 valence electrons. The Labute approximate surface area is 112 Å². The normalized spacial score (nSPS) is 17.4. The maximum absolute atomic E-state index is 11.0. The molecule has 1 aliphatic rings. The van der Waals surface area contributed by atoms with Gasteiger partial charge < -0.3 is 10.4 Å². The van der Waals surface area contributed by atoms with E-state index >= 15 is 0 Å². The SMILES string of the molecule is CNc1ccc(CN2CCC(O)CC2)cc1[N+](=O)[O-]. The van der Waals surface area contributed by atoms with E-state index < -0.39 is 0 Å². The van der Waals surface area contributed by atoms with E-state index in [0.29, 0.717) is 12.2 Å². The number of anilines is 1. The lowest BCUT2D eigenvalue weighted by Crippen LogP contribution is -2.35. The first-order valence-electron chi connectivity index (χ1n) is 6.45. The van der Waals surface area contributed by atoms with Crippen LogP contribution in [-0.2, 0) is 6.54 Å². The highest BCUT2D eigenvalue weighted by Crippen LogP contribution is 2.26. The van der Waals surface area contributed by atoms with Crippen molar-refractivity contribution in [3.63, 3.8) is 0 Å². The summed E-state index contributed by atoms with van der Waals surface area (Å²) in [6.07, 6.45) is 1.35. The molecule has 2 rings (SSSR count). The second kappa shape index (κ2) is 5.99. The number of nitrogens with one attached hydrogen (secondary N) is 1. The summed E-state index contributed by atoms with van der Waals surface area (Å²) in [4.78, 5) is 12.8. The summed E-state index contributed by atoms with van der Waals surface area (Å²) < 4.78 is 0. The fourth-order valence-electron chi connectivity index (χ4n) is 2.37. The molecule has 1 saturated heterocycles. The van der Waals surface area contributed by atoms with Crippen LogP contribution in [0.4, 0.5) is 11.4 Å².